The van der Waals surface area contributed by atoms with E-state index in [1.54, 1.807) is 0 Å². The molecule has 5 aromatic heterocycles. The molecule has 200 valence electrons. The van der Waals surface area contributed by atoms with Crippen molar-refractivity contribution in [1.29, 1.82) is 0 Å². The smallest absolute Gasteiger partial charge is 0.146 e. The normalized spacial score (nSPS) is 12.2. The van der Waals surface area contributed by atoms with Gasteiger partial charge in [-0.15, -0.1) is 0 Å². The van der Waals surface area contributed by atoms with Gasteiger partial charge in [0.2, 0.25) is 0 Å². The molecule has 0 saturated carbocycles. The van der Waals surface area contributed by atoms with Crippen molar-refractivity contribution >= 4 is 70.9 Å². The summed E-state index contributed by atoms with van der Waals surface area (Å²) in [5.74, 6) is 0. The van der Waals surface area contributed by atoms with Crippen LogP contribution in [0.3, 0.4) is 0 Å². The zero-order valence-corrected chi connectivity index (χ0v) is 23.0. The Morgan fingerprint density at radius 2 is 1.12 bits per heavy atom. The first-order valence-electron chi connectivity index (χ1n) is 14.5. The highest BCUT2D eigenvalue weighted by atomic mass is 15.0. The summed E-state index contributed by atoms with van der Waals surface area (Å²) in [7, 11) is 0. The summed E-state index contributed by atoms with van der Waals surface area (Å²) in [6, 6.07) is 41.5. The number of imidazole rings is 1. The highest BCUT2D eigenvalue weighted by Gasteiger charge is 2.23. The Balaban J connectivity index is 1.52. The van der Waals surface area contributed by atoms with Gasteiger partial charge in [0.15, 0.2) is 0 Å². The molecule has 0 saturated heterocycles. The van der Waals surface area contributed by atoms with Crippen molar-refractivity contribution in [1.82, 2.24) is 23.5 Å². The van der Waals surface area contributed by atoms with Gasteiger partial charge in [0.05, 0.1) is 27.6 Å². The van der Waals surface area contributed by atoms with Gasteiger partial charge in [-0.2, -0.15) is 0 Å². The molecule has 0 aliphatic carbocycles. The van der Waals surface area contributed by atoms with Crippen molar-refractivity contribution in [3.8, 4) is 11.4 Å². The maximum atomic E-state index is 4.71. The molecule has 43 heavy (non-hydrogen) atoms. The fourth-order valence-corrected chi connectivity index (χ4v) is 7.30. The molecule has 5 heterocycles. The predicted octanol–water partition coefficient (Wildman–Crippen LogP) is 9.23. The van der Waals surface area contributed by atoms with Gasteiger partial charge in [0.1, 0.15) is 5.65 Å². The maximum absolute atomic E-state index is 4.71. The number of nitrogens with zero attached hydrogens (tertiary/aromatic N) is 5. The van der Waals surface area contributed by atoms with Crippen LogP contribution in [0.5, 0.6) is 0 Å². The van der Waals surface area contributed by atoms with E-state index in [9.17, 15) is 0 Å². The van der Waals surface area contributed by atoms with Gasteiger partial charge in [-0.25, -0.2) is 4.98 Å². The predicted molar refractivity (Wildman–Crippen MR) is 177 cm³/mol. The largest absolute Gasteiger partial charge is 0.309 e. The highest BCUT2D eigenvalue weighted by molar-refractivity contribution is 6.33. The number of fused-ring (bicyclic) bond motifs is 14. The van der Waals surface area contributed by atoms with E-state index in [2.05, 4.69) is 140 Å². The molecule has 0 fully saturated rings. The Hall–Kier alpha value is -5.94. The fraction of sp³-hybridized carbons (Fsp3) is 0. The minimum Gasteiger partial charge on any atom is -0.309 e. The number of para-hydroxylation sites is 3. The first-order chi connectivity index (χ1) is 21.4. The SMILES string of the molecule is c1ccc(-n2c3ccccc3c3c2ccc2c4c5c6ccncc6c6nccn6c5ccc4n(-c4ccccc4)c23)cc1. The van der Waals surface area contributed by atoms with E-state index in [-0.39, 0.29) is 0 Å². The molecular weight excluding hydrogens is 526 g/mol. The molecule has 0 aliphatic heterocycles. The molecule has 5 nitrogen and oxygen atoms in total. The number of hydrogen-bond donors (Lipinski definition) is 0. The standard InChI is InChI=1S/C38H23N5/c1-3-9-24(10-4-1)42-30-14-8-7-13-27(30)36-33(42)16-15-28-35-32(43(37(28)36)25-11-5-2-6-12-25)18-17-31-34(35)26-19-20-39-23-29(26)38-40-21-22-41(31)38/h1-23H. The van der Waals surface area contributed by atoms with E-state index in [4.69, 9.17) is 4.98 Å². The molecule has 0 atom stereocenters. The van der Waals surface area contributed by atoms with Crippen LogP contribution < -0.4 is 0 Å². The second-order valence-electron chi connectivity index (χ2n) is 11.1. The Morgan fingerprint density at radius 3 is 1.95 bits per heavy atom. The van der Waals surface area contributed by atoms with Crippen molar-refractivity contribution in [2.75, 3.05) is 0 Å². The number of pyridine rings is 2. The first kappa shape index (κ1) is 22.7. The molecule has 0 aliphatic rings. The summed E-state index contributed by atoms with van der Waals surface area (Å²) >= 11 is 0. The lowest BCUT2D eigenvalue weighted by Crippen LogP contribution is -1.95. The van der Waals surface area contributed by atoms with Crippen LogP contribution in [0.25, 0.3) is 82.3 Å². The molecule has 0 amide bonds. The third-order valence-corrected chi connectivity index (χ3v) is 8.97. The van der Waals surface area contributed by atoms with Crippen molar-refractivity contribution in [3.05, 3.63) is 140 Å². The lowest BCUT2D eigenvalue weighted by Gasteiger charge is -2.11. The van der Waals surface area contributed by atoms with Crippen LogP contribution in [-0.4, -0.2) is 23.5 Å². The summed E-state index contributed by atoms with van der Waals surface area (Å²) in [6.07, 6.45) is 7.76. The third kappa shape index (κ3) is 2.90. The lowest BCUT2D eigenvalue weighted by atomic mass is 10.0. The Kier molecular flexibility index (Phi) is 4.39. The summed E-state index contributed by atoms with van der Waals surface area (Å²) in [6.45, 7) is 0. The van der Waals surface area contributed by atoms with Gasteiger partial charge < -0.3 is 9.13 Å². The molecule has 0 spiro atoms. The van der Waals surface area contributed by atoms with E-state index in [1.165, 1.54) is 49.0 Å². The number of benzene rings is 5. The molecule has 0 unspecified atom stereocenters. The lowest BCUT2D eigenvalue weighted by molar-refractivity contribution is 1.17. The minimum absolute atomic E-state index is 0.926. The van der Waals surface area contributed by atoms with Gasteiger partial charge in [-0.1, -0.05) is 60.7 Å². The zero-order valence-electron chi connectivity index (χ0n) is 23.0. The third-order valence-electron chi connectivity index (χ3n) is 8.97. The van der Waals surface area contributed by atoms with Crippen LogP contribution in [-0.2, 0) is 0 Å². The second kappa shape index (κ2) is 8.30. The summed E-state index contributed by atoms with van der Waals surface area (Å²) in [4.78, 5) is 9.20. The van der Waals surface area contributed by atoms with Crippen molar-refractivity contribution in [3.63, 3.8) is 0 Å². The Labute approximate surface area is 245 Å². The van der Waals surface area contributed by atoms with Crippen LogP contribution in [0.2, 0.25) is 0 Å². The average Bonchev–Trinajstić information content (AvgIpc) is 3.78. The monoisotopic (exact) mass is 549 g/mol. The van der Waals surface area contributed by atoms with Crippen LogP contribution in [0.15, 0.2) is 140 Å². The molecule has 0 radical (unpaired) electrons. The van der Waals surface area contributed by atoms with E-state index in [0.29, 0.717) is 0 Å². The number of rotatable bonds is 2. The van der Waals surface area contributed by atoms with E-state index in [1.807, 2.05) is 18.6 Å². The van der Waals surface area contributed by atoms with Crippen molar-refractivity contribution in [2.24, 2.45) is 0 Å². The quantitative estimate of drug-likeness (QED) is 0.202. The summed E-state index contributed by atoms with van der Waals surface area (Å²) in [5.41, 5.74) is 9.13. The van der Waals surface area contributed by atoms with Gasteiger partial charge in [-0.3, -0.25) is 9.38 Å². The fourth-order valence-electron chi connectivity index (χ4n) is 7.30. The van der Waals surface area contributed by atoms with Gasteiger partial charge in [-0.05, 0) is 60.0 Å². The Morgan fingerprint density at radius 1 is 0.442 bits per heavy atom. The van der Waals surface area contributed by atoms with Gasteiger partial charge in [0, 0.05) is 68.5 Å². The van der Waals surface area contributed by atoms with Gasteiger partial charge in [0.25, 0.3) is 0 Å². The van der Waals surface area contributed by atoms with Crippen molar-refractivity contribution in [2.45, 2.75) is 0 Å². The zero-order chi connectivity index (χ0) is 28.1. The van der Waals surface area contributed by atoms with Crippen molar-refractivity contribution < 1.29 is 0 Å². The Bertz CT molecular complexity index is 2710. The van der Waals surface area contributed by atoms with Crippen LogP contribution in [0, 0.1) is 0 Å². The topological polar surface area (TPSA) is 40.1 Å². The summed E-state index contributed by atoms with van der Waals surface area (Å²) < 4.78 is 7.05. The highest BCUT2D eigenvalue weighted by Crippen LogP contribution is 2.45. The molecule has 5 aromatic carbocycles. The number of aromatic nitrogens is 5. The maximum Gasteiger partial charge on any atom is 0.146 e. The molecule has 10 aromatic rings. The van der Waals surface area contributed by atoms with Crippen LogP contribution >= 0.6 is 0 Å². The molecule has 5 heteroatoms. The van der Waals surface area contributed by atoms with E-state index in [0.717, 1.165) is 33.3 Å². The van der Waals surface area contributed by atoms with Crippen LogP contribution in [0.1, 0.15) is 0 Å². The number of hydrogen-bond acceptors (Lipinski definition) is 2. The van der Waals surface area contributed by atoms with Crippen LogP contribution in [0.4, 0.5) is 0 Å². The molecular formula is C38H23N5. The van der Waals surface area contributed by atoms with E-state index >= 15 is 0 Å². The molecule has 10 rings (SSSR count). The molecule has 0 N–H and O–H groups in total. The molecule has 0 bridgehead atoms. The summed E-state index contributed by atoms with van der Waals surface area (Å²) in [5, 5.41) is 8.38. The average molecular weight is 550 g/mol. The minimum atomic E-state index is 0.926. The van der Waals surface area contributed by atoms with Gasteiger partial charge >= 0.3 is 0 Å². The first-order valence-corrected chi connectivity index (χ1v) is 14.5. The second-order valence-corrected chi connectivity index (χ2v) is 11.1. The van der Waals surface area contributed by atoms with E-state index < -0.39 is 0 Å².